The summed E-state index contributed by atoms with van der Waals surface area (Å²) in [5, 5.41) is 3.45. The normalized spacial score (nSPS) is 16.4. The van der Waals surface area contributed by atoms with Crippen LogP contribution in [0.5, 0.6) is 17.2 Å². The number of rotatable bonds is 3. The van der Waals surface area contributed by atoms with Crippen molar-refractivity contribution >= 4 is 5.69 Å². The van der Waals surface area contributed by atoms with Gasteiger partial charge in [-0.2, -0.15) is 0 Å². The van der Waals surface area contributed by atoms with Crippen LogP contribution in [0.4, 0.5) is 5.69 Å². The van der Waals surface area contributed by atoms with Crippen LogP contribution in [0.15, 0.2) is 36.4 Å². The van der Waals surface area contributed by atoms with E-state index < -0.39 is 0 Å². The Morgan fingerprint density at radius 3 is 2.67 bits per heavy atom. The molecule has 3 rings (SSSR count). The van der Waals surface area contributed by atoms with Gasteiger partial charge in [-0.05, 0) is 36.2 Å². The maximum atomic E-state index is 6.11. The molecule has 0 fully saturated rings. The molecular weight excluding hydrogens is 266 g/mol. The number of methoxy groups -OCH3 is 2. The van der Waals surface area contributed by atoms with Crippen molar-refractivity contribution in [1.29, 1.82) is 0 Å². The van der Waals surface area contributed by atoms with Crippen LogP contribution < -0.4 is 19.5 Å². The maximum absolute atomic E-state index is 6.11. The van der Waals surface area contributed by atoms with Crippen molar-refractivity contribution in [2.75, 3.05) is 26.1 Å². The van der Waals surface area contributed by atoms with Gasteiger partial charge in [0.05, 0.1) is 26.5 Å². The number of hydrogen-bond acceptors (Lipinski definition) is 4. The quantitative estimate of drug-likeness (QED) is 0.936. The Labute approximate surface area is 124 Å². The lowest BCUT2D eigenvalue weighted by atomic mass is 10.1. The summed E-state index contributed by atoms with van der Waals surface area (Å²) < 4.78 is 16.7. The lowest BCUT2D eigenvalue weighted by Crippen LogP contribution is -2.24. The molecule has 4 nitrogen and oxygen atoms in total. The molecule has 2 aromatic carbocycles. The summed E-state index contributed by atoms with van der Waals surface area (Å²) in [5.41, 5.74) is 3.33. The molecule has 21 heavy (non-hydrogen) atoms. The van der Waals surface area contributed by atoms with Crippen molar-refractivity contribution < 1.29 is 14.2 Å². The lowest BCUT2D eigenvalue weighted by molar-refractivity contribution is 0.209. The van der Waals surface area contributed by atoms with E-state index in [4.69, 9.17) is 14.2 Å². The number of para-hydroxylation sites is 1. The first-order valence-electron chi connectivity index (χ1n) is 6.95. The molecule has 1 aliphatic rings. The summed E-state index contributed by atoms with van der Waals surface area (Å²) in [5.74, 6) is 2.33. The minimum atomic E-state index is -0.0425. The zero-order valence-corrected chi connectivity index (χ0v) is 12.5. The van der Waals surface area contributed by atoms with E-state index in [0.717, 1.165) is 29.3 Å². The highest BCUT2D eigenvalue weighted by Crippen LogP contribution is 2.38. The van der Waals surface area contributed by atoms with Gasteiger partial charge < -0.3 is 19.5 Å². The van der Waals surface area contributed by atoms with Gasteiger partial charge in [0.2, 0.25) is 0 Å². The number of ether oxygens (including phenoxy) is 3. The van der Waals surface area contributed by atoms with Gasteiger partial charge in [0, 0.05) is 0 Å². The van der Waals surface area contributed by atoms with E-state index in [1.165, 1.54) is 5.56 Å². The summed E-state index contributed by atoms with van der Waals surface area (Å²) in [6.07, 6.45) is -0.0425. The summed E-state index contributed by atoms with van der Waals surface area (Å²) in [6, 6.07) is 11.9. The fourth-order valence-corrected chi connectivity index (χ4v) is 2.59. The van der Waals surface area contributed by atoms with Gasteiger partial charge in [0.25, 0.3) is 0 Å². The van der Waals surface area contributed by atoms with E-state index in [0.29, 0.717) is 5.75 Å². The van der Waals surface area contributed by atoms with Crippen LogP contribution in [0.3, 0.4) is 0 Å². The van der Waals surface area contributed by atoms with Gasteiger partial charge in [0.1, 0.15) is 11.9 Å². The van der Waals surface area contributed by atoms with Gasteiger partial charge in [-0.25, -0.2) is 0 Å². The first kappa shape index (κ1) is 13.6. The van der Waals surface area contributed by atoms with Crippen LogP contribution in [0.25, 0.3) is 0 Å². The molecule has 4 heteroatoms. The number of hydrogen-bond donors (Lipinski definition) is 1. The molecule has 0 spiro atoms. The average Bonchev–Trinajstić information content (AvgIpc) is 2.54. The number of nitrogens with one attached hydrogen (secondary N) is 1. The standard InChI is InChI=1S/C17H19NO3/c1-11-5-4-6-14-17(11)18-10-16(21-14)12-7-8-13(19-2)15(9-12)20-3/h4-9,16,18H,10H2,1-3H3. The minimum Gasteiger partial charge on any atom is -0.493 e. The van der Waals surface area contributed by atoms with E-state index in [9.17, 15) is 0 Å². The highest BCUT2D eigenvalue weighted by atomic mass is 16.5. The van der Waals surface area contributed by atoms with Crippen LogP contribution >= 0.6 is 0 Å². The zero-order valence-electron chi connectivity index (χ0n) is 12.5. The molecule has 0 amide bonds. The third kappa shape index (κ3) is 2.49. The molecule has 1 N–H and O–H groups in total. The molecule has 1 aliphatic heterocycles. The second-order valence-corrected chi connectivity index (χ2v) is 5.05. The second-order valence-electron chi connectivity index (χ2n) is 5.05. The molecule has 0 radical (unpaired) electrons. The van der Waals surface area contributed by atoms with Crippen LogP contribution in [-0.4, -0.2) is 20.8 Å². The molecule has 0 aliphatic carbocycles. The summed E-state index contributed by atoms with van der Waals surface area (Å²) in [6.45, 7) is 2.80. The lowest BCUT2D eigenvalue weighted by Gasteiger charge is -2.29. The largest absolute Gasteiger partial charge is 0.493 e. The Balaban J connectivity index is 1.89. The third-order valence-corrected chi connectivity index (χ3v) is 3.75. The number of aryl methyl sites for hydroxylation is 1. The van der Waals surface area contributed by atoms with Crippen molar-refractivity contribution in [3.8, 4) is 17.2 Å². The highest BCUT2D eigenvalue weighted by molar-refractivity contribution is 5.63. The zero-order chi connectivity index (χ0) is 14.8. The van der Waals surface area contributed by atoms with Crippen LogP contribution in [0, 0.1) is 6.92 Å². The van der Waals surface area contributed by atoms with E-state index in [-0.39, 0.29) is 6.10 Å². The van der Waals surface area contributed by atoms with Crippen molar-refractivity contribution in [1.82, 2.24) is 0 Å². The molecule has 1 heterocycles. The van der Waals surface area contributed by atoms with Crippen LogP contribution in [-0.2, 0) is 0 Å². The molecule has 0 saturated heterocycles. The van der Waals surface area contributed by atoms with Gasteiger partial charge in [-0.1, -0.05) is 18.2 Å². The Kier molecular flexibility index (Phi) is 3.60. The second kappa shape index (κ2) is 5.56. The summed E-state index contributed by atoms with van der Waals surface area (Å²) >= 11 is 0. The molecule has 0 bridgehead atoms. The molecule has 110 valence electrons. The topological polar surface area (TPSA) is 39.7 Å². The molecular formula is C17H19NO3. The Bertz CT molecular complexity index is 654. The number of benzene rings is 2. The number of fused-ring (bicyclic) bond motifs is 1. The molecule has 1 atom stereocenters. The molecule has 2 aromatic rings. The monoisotopic (exact) mass is 285 g/mol. The molecule has 1 unspecified atom stereocenters. The van der Waals surface area contributed by atoms with E-state index in [1.807, 2.05) is 30.3 Å². The van der Waals surface area contributed by atoms with Gasteiger partial charge in [-0.15, -0.1) is 0 Å². The van der Waals surface area contributed by atoms with E-state index in [1.54, 1.807) is 14.2 Å². The SMILES string of the molecule is COc1ccc(C2CNc3c(C)cccc3O2)cc1OC. The van der Waals surface area contributed by atoms with Crippen molar-refractivity contribution in [2.45, 2.75) is 13.0 Å². The van der Waals surface area contributed by atoms with E-state index >= 15 is 0 Å². The Hall–Kier alpha value is -2.36. The van der Waals surface area contributed by atoms with Gasteiger partial charge in [-0.3, -0.25) is 0 Å². The van der Waals surface area contributed by atoms with E-state index in [2.05, 4.69) is 18.3 Å². The van der Waals surface area contributed by atoms with Crippen molar-refractivity contribution in [3.05, 3.63) is 47.5 Å². The smallest absolute Gasteiger partial charge is 0.161 e. The highest BCUT2D eigenvalue weighted by Gasteiger charge is 2.22. The summed E-state index contributed by atoms with van der Waals surface area (Å²) in [4.78, 5) is 0. The maximum Gasteiger partial charge on any atom is 0.161 e. The third-order valence-electron chi connectivity index (χ3n) is 3.75. The van der Waals surface area contributed by atoms with Crippen molar-refractivity contribution in [3.63, 3.8) is 0 Å². The van der Waals surface area contributed by atoms with Crippen molar-refractivity contribution in [2.24, 2.45) is 0 Å². The number of anilines is 1. The molecule has 0 saturated carbocycles. The first-order valence-corrected chi connectivity index (χ1v) is 6.95. The fraction of sp³-hybridized carbons (Fsp3) is 0.294. The average molecular weight is 285 g/mol. The Morgan fingerprint density at radius 2 is 1.90 bits per heavy atom. The summed E-state index contributed by atoms with van der Waals surface area (Å²) in [7, 11) is 3.27. The van der Waals surface area contributed by atoms with Crippen LogP contribution in [0.1, 0.15) is 17.2 Å². The Morgan fingerprint density at radius 1 is 1.10 bits per heavy atom. The van der Waals surface area contributed by atoms with Gasteiger partial charge >= 0.3 is 0 Å². The minimum absolute atomic E-state index is 0.0425. The predicted octanol–water partition coefficient (Wildman–Crippen LogP) is 3.56. The first-order chi connectivity index (χ1) is 10.2. The van der Waals surface area contributed by atoms with Crippen LogP contribution in [0.2, 0.25) is 0 Å². The van der Waals surface area contributed by atoms with Gasteiger partial charge in [0.15, 0.2) is 11.5 Å². The predicted molar refractivity (Wildman–Crippen MR) is 82.6 cm³/mol. The molecule has 0 aromatic heterocycles. The fourth-order valence-electron chi connectivity index (χ4n) is 2.59.